The summed E-state index contributed by atoms with van der Waals surface area (Å²) in [6, 6.07) is 5.89. The first kappa shape index (κ1) is 13.0. The van der Waals surface area contributed by atoms with Crippen LogP contribution in [0.1, 0.15) is 24.7 Å². The molecule has 20 heavy (non-hydrogen) atoms. The summed E-state index contributed by atoms with van der Waals surface area (Å²) in [5.74, 6) is 1.15. The number of halogens is 2. The zero-order valence-electron chi connectivity index (χ0n) is 10.5. The Hall–Kier alpha value is -2.02. The highest BCUT2D eigenvalue weighted by atomic mass is 19.3. The quantitative estimate of drug-likeness (QED) is 0.912. The van der Waals surface area contributed by atoms with Crippen molar-refractivity contribution in [3.8, 4) is 17.2 Å². The maximum Gasteiger partial charge on any atom is 0.387 e. The molecule has 0 saturated heterocycles. The van der Waals surface area contributed by atoms with Crippen LogP contribution < -0.4 is 10.5 Å². The predicted octanol–water partition coefficient (Wildman–Crippen LogP) is 2.75. The van der Waals surface area contributed by atoms with Gasteiger partial charge in [0.25, 0.3) is 5.89 Å². The fraction of sp³-hybridized carbons (Fsp3) is 0.385. The molecule has 1 fully saturated rings. The van der Waals surface area contributed by atoms with Gasteiger partial charge in [-0.2, -0.15) is 13.8 Å². The molecule has 0 amide bonds. The van der Waals surface area contributed by atoms with E-state index < -0.39 is 6.61 Å². The number of hydrogen-bond donors (Lipinski definition) is 1. The molecular weight excluding hydrogens is 268 g/mol. The number of hydrogen-bond acceptors (Lipinski definition) is 5. The summed E-state index contributed by atoms with van der Waals surface area (Å²) in [5.41, 5.74) is 6.50. The van der Waals surface area contributed by atoms with Gasteiger partial charge < -0.3 is 15.0 Å². The van der Waals surface area contributed by atoms with Crippen LogP contribution in [0.5, 0.6) is 5.75 Å². The third-order valence-corrected chi connectivity index (χ3v) is 3.18. The minimum absolute atomic E-state index is 0.0451. The zero-order valence-corrected chi connectivity index (χ0v) is 10.5. The van der Waals surface area contributed by atoms with E-state index in [-0.39, 0.29) is 17.7 Å². The van der Waals surface area contributed by atoms with E-state index >= 15 is 0 Å². The van der Waals surface area contributed by atoms with E-state index in [0.29, 0.717) is 17.3 Å². The topological polar surface area (TPSA) is 74.2 Å². The standard InChI is InChI=1S/C13H13F2N3O2/c14-13(15)19-9-3-1-2-8(6-9)12-17-11(18-20-12)10(16)7-4-5-7/h1-3,6-7,10,13H,4-5,16H2. The first-order chi connectivity index (χ1) is 9.63. The third-order valence-electron chi connectivity index (χ3n) is 3.18. The van der Waals surface area contributed by atoms with Gasteiger partial charge in [0, 0.05) is 5.56 Å². The number of benzene rings is 1. The molecule has 1 unspecified atom stereocenters. The van der Waals surface area contributed by atoms with Gasteiger partial charge in [-0.1, -0.05) is 11.2 Å². The largest absolute Gasteiger partial charge is 0.435 e. The van der Waals surface area contributed by atoms with Crippen molar-refractivity contribution in [1.29, 1.82) is 0 Å². The summed E-state index contributed by atoms with van der Waals surface area (Å²) < 4.78 is 33.8. The van der Waals surface area contributed by atoms with Gasteiger partial charge in [-0.15, -0.1) is 0 Å². The Balaban J connectivity index is 1.81. The van der Waals surface area contributed by atoms with Crippen LogP contribution in [0, 0.1) is 5.92 Å². The van der Waals surface area contributed by atoms with E-state index in [2.05, 4.69) is 14.9 Å². The molecular formula is C13H13F2N3O2. The van der Waals surface area contributed by atoms with Crippen molar-refractivity contribution in [2.75, 3.05) is 0 Å². The van der Waals surface area contributed by atoms with E-state index in [4.69, 9.17) is 10.3 Å². The Bertz CT molecular complexity index is 599. The number of ether oxygens (including phenoxy) is 1. The van der Waals surface area contributed by atoms with Crippen molar-refractivity contribution >= 4 is 0 Å². The van der Waals surface area contributed by atoms with Gasteiger partial charge >= 0.3 is 6.61 Å². The van der Waals surface area contributed by atoms with Crippen molar-refractivity contribution in [2.45, 2.75) is 25.5 Å². The molecule has 1 atom stereocenters. The highest BCUT2D eigenvalue weighted by molar-refractivity contribution is 5.55. The van der Waals surface area contributed by atoms with Crippen LogP contribution in [0.2, 0.25) is 0 Å². The van der Waals surface area contributed by atoms with Crippen LogP contribution in [0.15, 0.2) is 28.8 Å². The van der Waals surface area contributed by atoms with Crippen LogP contribution in [0.25, 0.3) is 11.5 Å². The van der Waals surface area contributed by atoms with E-state index in [1.807, 2.05) is 0 Å². The molecule has 1 aliphatic rings. The van der Waals surface area contributed by atoms with Gasteiger partial charge in [-0.25, -0.2) is 0 Å². The monoisotopic (exact) mass is 281 g/mol. The fourth-order valence-electron chi connectivity index (χ4n) is 1.96. The Morgan fingerprint density at radius 2 is 2.15 bits per heavy atom. The minimum atomic E-state index is -2.87. The first-order valence-electron chi connectivity index (χ1n) is 6.28. The normalized spacial score (nSPS) is 16.4. The van der Waals surface area contributed by atoms with Gasteiger partial charge in [0.1, 0.15) is 5.75 Å². The molecule has 1 saturated carbocycles. The Morgan fingerprint density at radius 1 is 1.35 bits per heavy atom. The second-order valence-electron chi connectivity index (χ2n) is 4.73. The number of nitrogens with two attached hydrogens (primary N) is 1. The average Bonchev–Trinajstić information content (AvgIpc) is 3.14. The van der Waals surface area contributed by atoms with Crippen molar-refractivity contribution in [2.24, 2.45) is 11.7 Å². The third kappa shape index (κ3) is 2.77. The second kappa shape index (κ2) is 5.16. The van der Waals surface area contributed by atoms with Crippen LogP contribution in [-0.4, -0.2) is 16.8 Å². The summed E-state index contributed by atoms with van der Waals surface area (Å²) in [6.45, 7) is -2.87. The van der Waals surface area contributed by atoms with Crippen LogP contribution in [-0.2, 0) is 0 Å². The molecule has 5 nitrogen and oxygen atoms in total. The molecule has 0 radical (unpaired) electrons. The van der Waals surface area contributed by atoms with E-state index in [1.54, 1.807) is 12.1 Å². The molecule has 2 aromatic rings. The van der Waals surface area contributed by atoms with Gasteiger partial charge in [-0.05, 0) is 37.0 Å². The summed E-state index contributed by atoms with van der Waals surface area (Å²) in [4.78, 5) is 4.22. The first-order valence-corrected chi connectivity index (χ1v) is 6.28. The summed E-state index contributed by atoms with van der Waals surface area (Å²) in [5, 5.41) is 3.84. The predicted molar refractivity (Wildman–Crippen MR) is 66.0 cm³/mol. The molecule has 3 rings (SSSR count). The van der Waals surface area contributed by atoms with Crippen molar-refractivity contribution < 1.29 is 18.0 Å². The SMILES string of the molecule is NC(c1noc(-c2cccc(OC(F)F)c2)n1)C1CC1. The molecule has 106 valence electrons. The van der Waals surface area contributed by atoms with E-state index in [0.717, 1.165) is 12.8 Å². The highest BCUT2D eigenvalue weighted by Crippen LogP contribution is 2.38. The lowest BCUT2D eigenvalue weighted by Crippen LogP contribution is -2.13. The maximum absolute atomic E-state index is 12.2. The smallest absolute Gasteiger partial charge is 0.387 e. The number of alkyl halides is 2. The summed E-state index contributed by atoms with van der Waals surface area (Å²) in [6.07, 6.45) is 2.14. The average molecular weight is 281 g/mol. The molecule has 0 bridgehead atoms. The van der Waals surface area contributed by atoms with Gasteiger partial charge in [0.05, 0.1) is 6.04 Å². The molecule has 1 aliphatic carbocycles. The van der Waals surface area contributed by atoms with Crippen LogP contribution in [0.3, 0.4) is 0 Å². The Morgan fingerprint density at radius 3 is 2.85 bits per heavy atom. The van der Waals surface area contributed by atoms with E-state index in [9.17, 15) is 8.78 Å². The Labute approximate surface area is 113 Å². The van der Waals surface area contributed by atoms with Gasteiger partial charge in [0.2, 0.25) is 0 Å². The van der Waals surface area contributed by atoms with Crippen molar-refractivity contribution in [1.82, 2.24) is 10.1 Å². The molecule has 7 heteroatoms. The second-order valence-corrected chi connectivity index (χ2v) is 4.73. The lowest BCUT2D eigenvalue weighted by molar-refractivity contribution is -0.0498. The molecule has 2 N–H and O–H groups in total. The number of rotatable bonds is 5. The molecule has 0 spiro atoms. The van der Waals surface area contributed by atoms with Crippen LogP contribution in [0.4, 0.5) is 8.78 Å². The summed E-state index contributed by atoms with van der Waals surface area (Å²) >= 11 is 0. The number of aromatic nitrogens is 2. The Kier molecular flexibility index (Phi) is 3.35. The fourth-order valence-corrected chi connectivity index (χ4v) is 1.96. The molecule has 1 aromatic heterocycles. The molecule has 1 aromatic carbocycles. The lowest BCUT2D eigenvalue weighted by atomic mass is 10.2. The molecule has 1 heterocycles. The van der Waals surface area contributed by atoms with Crippen molar-refractivity contribution in [3.05, 3.63) is 30.1 Å². The number of nitrogens with zero attached hydrogens (tertiary/aromatic N) is 2. The van der Waals surface area contributed by atoms with E-state index in [1.165, 1.54) is 12.1 Å². The van der Waals surface area contributed by atoms with Crippen LogP contribution >= 0.6 is 0 Å². The van der Waals surface area contributed by atoms with Gasteiger partial charge in [0.15, 0.2) is 5.82 Å². The summed E-state index contributed by atoms with van der Waals surface area (Å²) in [7, 11) is 0. The van der Waals surface area contributed by atoms with Gasteiger partial charge in [-0.3, -0.25) is 0 Å². The minimum Gasteiger partial charge on any atom is -0.435 e. The molecule has 0 aliphatic heterocycles. The lowest BCUT2D eigenvalue weighted by Gasteiger charge is -2.04. The zero-order chi connectivity index (χ0) is 14.1. The van der Waals surface area contributed by atoms with Crippen molar-refractivity contribution in [3.63, 3.8) is 0 Å². The maximum atomic E-state index is 12.2. The highest BCUT2D eigenvalue weighted by Gasteiger charge is 2.32.